The van der Waals surface area contributed by atoms with Gasteiger partial charge in [-0.3, -0.25) is 0 Å². The topological polar surface area (TPSA) is 35.9 Å². The predicted octanol–water partition coefficient (Wildman–Crippen LogP) is 2.52. The van der Waals surface area contributed by atoms with E-state index in [1.54, 1.807) is 14.0 Å². The Morgan fingerprint density at radius 2 is 1.90 bits per heavy atom. The van der Waals surface area contributed by atoms with E-state index in [4.69, 9.17) is 4.74 Å². The summed E-state index contributed by atoms with van der Waals surface area (Å²) in [6, 6.07) is 6.29. The van der Waals surface area contributed by atoms with E-state index in [2.05, 4.69) is 43.8 Å². The van der Waals surface area contributed by atoms with Crippen LogP contribution in [-0.2, 0) is 0 Å². The number of rotatable bonds is 7. The molecular formula is C16H28N2O2. The third-order valence-electron chi connectivity index (χ3n) is 3.49. The van der Waals surface area contributed by atoms with Crippen molar-refractivity contribution in [3.63, 3.8) is 0 Å². The van der Waals surface area contributed by atoms with E-state index in [0.29, 0.717) is 6.04 Å². The van der Waals surface area contributed by atoms with Crippen LogP contribution in [0.1, 0.15) is 32.4 Å². The van der Waals surface area contributed by atoms with Gasteiger partial charge in [-0.05, 0) is 47.0 Å². The fourth-order valence-corrected chi connectivity index (χ4v) is 2.73. The SMILES string of the molecule is CCN(c1cccc(OC)c1[C@H](C)O)C(C)CN(C)C. The van der Waals surface area contributed by atoms with Gasteiger partial charge in [0.05, 0.1) is 13.2 Å². The Labute approximate surface area is 123 Å². The highest BCUT2D eigenvalue weighted by Crippen LogP contribution is 2.35. The van der Waals surface area contributed by atoms with E-state index < -0.39 is 6.10 Å². The first-order valence-corrected chi connectivity index (χ1v) is 7.18. The second-order valence-electron chi connectivity index (χ2n) is 5.47. The summed E-state index contributed by atoms with van der Waals surface area (Å²) in [5, 5.41) is 10.1. The molecule has 0 aliphatic rings. The Hall–Kier alpha value is -1.26. The summed E-state index contributed by atoms with van der Waals surface area (Å²) in [5.74, 6) is 0.744. The highest BCUT2D eigenvalue weighted by atomic mass is 16.5. The van der Waals surface area contributed by atoms with Gasteiger partial charge in [-0.15, -0.1) is 0 Å². The summed E-state index contributed by atoms with van der Waals surface area (Å²) in [5.41, 5.74) is 1.92. The van der Waals surface area contributed by atoms with Crippen LogP contribution in [0.15, 0.2) is 18.2 Å². The van der Waals surface area contributed by atoms with Gasteiger partial charge < -0.3 is 19.6 Å². The molecule has 114 valence electrons. The van der Waals surface area contributed by atoms with Crippen molar-refractivity contribution < 1.29 is 9.84 Å². The molecule has 20 heavy (non-hydrogen) atoms. The van der Waals surface area contributed by atoms with Gasteiger partial charge in [0.2, 0.25) is 0 Å². The van der Waals surface area contributed by atoms with E-state index in [9.17, 15) is 5.11 Å². The number of hydrogen-bond acceptors (Lipinski definition) is 4. The van der Waals surface area contributed by atoms with Gasteiger partial charge >= 0.3 is 0 Å². The van der Waals surface area contributed by atoms with Crippen LogP contribution in [0.2, 0.25) is 0 Å². The molecule has 1 unspecified atom stereocenters. The molecule has 0 saturated heterocycles. The molecule has 1 aromatic rings. The lowest BCUT2D eigenvalue weighted by Gasteiger charge is -2.34. The van der Waals surface area contributed by atoms with Crippen molar-refractivity contribution in [3.8, 4) is 5.75 Å². The minimum atomic E-state index is -0.554. The summed E-state index contributed by atoms with van der Waals surface area (Å²) in [6.45, 7) is 7.98. The van der Waals surface area contributed by atoms with E-state index in [1.165, 1.54) is 0 Å². The number of hydrogen-bond donors (Lipinski definition) is 1. The number of methoxy groups -OCH3 is 1. The molecule has 0 amide bonds. The first kappa shape index (κ1) is 16.8. The third kappa shape index (κ3) is 3.87. The molecule has 0 aliphatic carbocycles. The maximum atomic E-state index is 10.1. The van der Waals surface area contributed by atoms with Crippen LogP contribution < -0.4 is 9.64 Å². The van der Waals surface area contributed by atoms with Gasteiger partial charge in [0, 0.05) is 30.4 Å². The molecule has 4 heteroatoms. The molecule has 2 atom stereocenters. The van der Waals surface area contributed by atoms with E-state index in [1.807, 2.05) is 12.1 Å². The van der Waals surface area contributed by atoms with Gasteiger partial charge in [0.25, 0.3) is 0 Å². The summed E-state index contributed by atoms with van der Waals surface area (Å²) in [7, 11) is 5.79. The highest BCUT2D eigenvalue weighted by molar-refractivity contribution is 5.61. The van der Waals surface area contributed by atoms with Gasteiger partial charge in [0.15, 0.2) is 0 Å². The maximum absolute atomic E-state index is 10.1. The second kappa shape index (κ2) is 7.50. The third-order valence-corrected chi connectivity index (χ3v) is 3.49. The van der Waals surface area contributed by atoms with Crippen LogP contribution in [-0.4, -0.2) is 50.3 Å². The monoisotopic (exact) mass is 280 g/mol. The second-order valence-corrected chi connectivity index (χ2v) is 5.47. The predicted molar refractivity (Wildman–Crippen MR) is 84.7 cm³/mol. The molecule has 4 nitrogen and oxygen atoms in total. The Morgan fingerprint density at radius 1 is 1.25 bits per heavy atom. The van der Waals surface area contributed by atoms with Crippen LogP contribution in [0.5, 0.6) is 5.75 Å². The molecule has 0 saturated carbocycles. The normalized spacial score (nSPS) is 14.2. The Morgan fingerprint density at radius 3 is 2.35 bits per heavy atom. The zero-order chi connectivity index (χ0) is 15.3. The van der Waals surface area contributed by atoms with Crippen molar-refractivity contribution in [3.05, 3.63) is 23.8 Å². The molecule has 1 N–H and O–H groups in total. The van der Waals surface area contributed by atoms with Crippen molar-refractivity contribution in [2.24, 2.45) is 0 Å². The van der Waals surface area contributed by atoms with Crippen LogP contribution in [0, 0.1) is 0 Å². The van der Waals surface area contributed by atoms with Gasteiger partial charge in [-0.1, -0.05) is 6.07 Å². The van der Waals surface area contributed by atoms with Crippen molar-refractivity contribution in [1.29, 1.82) is 0 Å². The van der Waals surface area contributed by atoms with Gasteiger partial charge in [-0.2, -0.15) is 0 Å². The summed E-state index contributed by atoms with van der Waals surface area (Å²) in [6.07, 6.45) is -0.554. The maximum Gasteiger partial charge on any atom is 0.126 e. The largest absolute Gasteiger partial charge is 0.496 e. The number of benzene rings is 1. The Kier molecular flexibility index (Phi) is 6.30. The van der Waals surface area contributed by atoms with Gasteiger partial charge in [0.1, 0.15) is 5.75 Å². The van der Waals surface area contributed by atoms with Crippen LogP contribution in [0.25, 0.3) is 0 Å². The fourth-order valence-electron chi connectivity index (χ4n) is 2.73. The molecule has 0 fully saturated rings. The van der Waals surface area contributed by atoms with Crippen molar-refractivity contribution in [2.45, 2.75) is 32.9 Å². The zero-order valence-electron chi connectivity index (χ0n) is 13.6. The highest BCUT2D eigenvalue weighted by Gasteiger charge is 2.21. The minimum Gasteiger partial charge on any atom is -0.496 e. The number of ether oxygens (including phenoxy) is 1. The first-order chi connectivity index (χ1) is 9.42. The average molecular weight is 280 g/mol. The Balaban J connectivity index is 3.21. The van der Waals surface area contributed by atoms with Gasteiger partial charge in [-0.25, -0.2) is 0 Å². The number of anilines is 1. The fraction of sp³-hybridized carbons (Fsp3) is 0.625. The molecule has 0 spiro atoms. The lowest BCUT2D eigenvalue weighted by atomic mass is 10.0. The first-order valence-electron chi connectivity index (χ1n) is 7.18. The molecule has 0 bridgehead atoms. The minimum absolute atomic E-state index is 0.361. The number of aliphatic hydroxyl groups is 1. The molecule has 0 aromatic heterocycles. The van der Waals surface area contributed by atoms with E-state index >= 15 is 0 Å². The lowest BCUT2D eigenvalue weighted by molar-refractivity contribution is 0.194. The molecule has 0 heterocycles. The average Bonchev–Trinajstić information content (AvgIpc) is 2.37. The van der Waals surface area contributed by atoms with Crippen LogP contribution in [0.4, 0.5) is 5.69 Å². The summed E-state index contributed by atoms with van der Waals surface area (Å²) >= 11 is 0. The summed E-state index contributed by atoms with van der Waals surface area (Å²) < 4.78 is 5.41. The standard InChI is InChI=1S/C16H28N2O2/c1-7-18(12(2)11-17(4)5)14-9-8-10-15(20-6)16(14)13(3)19/h8-10,12-13,19H,7,11H2,1-6H3/t12?,13-/m0/s1. The molecule has 1 rings (SSSR count). The molecule has 0 radical (unpaired) electrons. The summed E-state index contributed by atoms with van der Waals surface area (Å²) in [4.78, 5) is 4.49. The van der Waals surface area contributed by atoms with E-state index in [-0.39, 0.29) is 0 Å². The van der Waals surface area contributed by atoms with Crippen molar-refractivity contribution >= 4 is 5.69 Å². The number of nitrogens with zero attached hydrogens (tertiary/aromatic N) is 2. The van der Waals surface area contributed by atoms with Crippen LogP contribution >= 0.6 is 0 Å². The zero-order valence-corrected chi connectivity index (χ0v) is 13.6. The Bertz CT molecular complexity index is 419. The van der Waals surface area contributed by atoms with E-state index in [0.717, 1.165) is 30.1 Å². The van der Waals surface area contributed by atoms with Crippen molar-refractivity contribution in [1.82, 2.24) is 4.90 Å². The molecule has 1 aromatic carbocycles. The lowest BCUT2D eigenvalue weighted by Crippen LogP contribution is -2.40. The molecular weight excluding hydrogens is 252 g/mol. The quantitative estimate of drug-likeness (QED) is 0.832. The number of aliphatic hydroxyl groups excluding tert-OH is 1. The smallest absolute Gasteiger partial charge is 0.126 e. The van der Waals surface area contributed by atoms with Crippen LogP contribution in [0.3, 0.4) is 0 Å². The molecule has 0 aliphatic heterocycles. The number of likely N-dealkylation sites (N-methyl/N-ethyl adjacent to an activating group) is 2. The van der Waals surface area contributed by atoms with Crippen molar-refractivity contribution in [2.75, 3.05) is 39.2 Å².